The molecule has 0 aromatic heterocycles. The number of aliphatic carboxylic acids is 1. The first-order chi connectivity index (χ1) is 7.56. The maximum atomic E-state index is 10.9. The SMILES string of the molecule is CCCCCCCCC[C@](N)(CC)C(=O)O. The zero-order valence-corrected chi connectivity index (χ0v) is 10.8. The number of unbranched alkanes of at least 4 members (excludes halogenated alkanes) is 6. The molecule has 0 saturated heterocycles. The summed E-state index contributed by atoms with van der Waals surface area (Å²) in [5, 5.41) is 8.98. The summed E-state index contributed by atoms with van der Waals surface area (Å²) in [6.07, 6.45) is 9.51. The average Bonchev–Trinajstić information content (AvgIpc) is 2.27. The Balaban J connectivity index is 3.53. The van der Waals surface area contributed by atoms with Gasteiger partial charge in [0.05, 0.1) is 0 Å². The van der Waals surface area contributed by atoms with Crippen molar-refractivity contribution in [3.05, 3.63) is 0 Å². The van der Waals surface area contributed by atoms with Crippen molar-refractivity contribution < 1.29 is 9.90 Å². The fourth-order valence-electron chi connectivity index (χ4n) is 1.83. The lowest BCUT2D eigenvalue weighted by atomic mass is 9.90. The van der Waals surface area contributed by atoms with Gasteiger partial charge in [-0.15, -0.1) is 0 Å². The average molecular weight is 229 g/mol. The van der Waals surface area contributed by atoms with E-state index in [1.807, 2.05) is 6.92 Å². The minimum absolute atomic E-state index is 0.512. The van der Waals surface area contributed by atoms with Crippen LogP contribution in [0, 0.1) is 0 Å². The molecule has 0 spiro atoms. The molecule has 0 aromatic carbocycles. The molecule has 0 radical (unpaired) electrons. The standard InChI is InChI=1S/C13H27NO2/c1-3-5-6-7-8-9-10-11-13(14,4-2)12(15)16/h3-11,14H2,1-2H3,(H,15,16)/t13-/m1/s1. The summed E-state index contributed by atoms with van der Waals surface area (Å²) in [5.74, 6) is -0.860. The van der Waals surface area contributed by atoms with Gasteiger partial charge in [-0.1, -0.05) is 58.8 Å². The second kappa shape index (κ2) is 8.57. The van der Waals surface area contributed by atoms with E-state index in [1.165, 1.54) is 32.1 Å². The predicted molar refractivity (Wildman–Crippen MR) is 67.5 cm³/mol. The van der Waals surface area contributed by atoms with Crippen molar-refractivity contribution in [2.24, 2.45) is 5.73 Å². The van der Waals surface area contributed by atoms with E-state index < -0.39 is 11.5 Å². The van der Waals surface area contributed by atoms with E-state index in [4.69, 9.17) is 10.8 Å². The lowest BCUT2D eigenvalue weighted by Crippen LogP contribution is -2.47. The van der Waals surface area contributed by atoms with Gasteiger partial charge in [-0.05, 0) is 12.8 Å². The van der Waals surface area contributed by atoms with Crippen LogP contribution in [0.1, 0.15) is 71.6 Å². The van der Waals surface area contributed by atoms with E-state index in [-0.39, 0.29) is 0 Å². The molecular weight excluding hydrogens is 202 g/mol. The van der Waals surface area contributed by atoms with Crippen LogP contribution in [0.3, 0.4) is 0 Å². The molecule has 16 heavy (non-hydrogen) atoms. The summed E-state index contributed by atoms with van der Waals surface area (Å²) in [7, 11) is 0. The molecule has 0 aromatic rings. The first-order valence-corrected chi connectivity index (χ1v) is 6.59. The largest absolute Gasteiger partial charge is 0.480 e. The third-order valence-electron chi connectivity index (χ3n) is 3.28. The quantitative estimate of drug-likeness (QED) is 0.565. The lowest BCUT2D eigenvalue weighted by Gasteiger charge is -2.22. The van der Waals surface area contributed by atoms with Gasteiger partial charge in [0.15, 0.2) is 0 Å². The molecular formula is C13H27NO2. The Labute approximate surface area is 99.4 Å². The molecule has 0 amide bonds. The molecule has 3 nitrogen and oxygen atoms in total. The molecule has 0 aliphatic rings. The van der Waals surface area contributed by atoms with E-state index in [0.717, 1.165) is 12.8 Å². The summed E-state index contributed by atoms with van der Waals surface area (Å²) >= 11 is 0. The van der Waals surface area contributed by atoms with Crippen molar-refractivity contribution in [3.8, 4) is 0 Å². The zero-order valence-electron chi connectivity index (χ0n) is 10.8. The number of hydrogen-bond donors (Lipinski definition) is 2. The Kier molecular flexibility index (Phi) is 8.26. The minimum atomic E-state index is -0.997. The Morgan fingerprint density at radius 1 is 1.06 bits per heavy atom. The summed E-state index contributed by atoms with van der Waals surface area (Å²) in [6.45, 7) is 4.05. The summed E-state index contributed by atoms with van der Waals surface area (Å²) < 4.78 is 0. The monoisotopic (exact) mass is 229 g/mol. The van der Waals surface area contributed by atoms with E-state index in [9.17, 15) is 4.79 Å². The van der Waals surface area contributed by atoms with Crippen molar-refractivity contribution in [3.63, 3.8) is 0 Å². The Morgan fingerprint density at radius 2 is 1.56 bits per heavy atom. The van der Waals surface area contributed by atoms with Gasteiger partial charge in [-0.2, -0.15) is 0 Å². The van der Waals surface area contributed by atoms with Crippen LogP contribution in [0.15, 0.2) is 0 Å². The number of nitrogens with two attached hydrogens (primary N) is 1. The highest BCUT2D eigenvalue weighted by Crippen LogP contribution is 2.17. The molecule has 3 heteroatoms. The Hall–Kier alpha value is -0.570. The van der Waals surface area contributed by atoms with E-state index in [0.29, 0.717) is 12.8 Å². The molecule has 0 rings (SSSR count). The predicted octanol–water partition coefficient (Wildman–Crippen LogP) is 3.32. The molecule has 0 aliphatic carbocycles. The van der Waals surface area contributed by atoms with Crippen molar-refractivity contribution in [1.29, 1.82) is 0 Å². The molecule has 0 heterocycles. The third kappa shape index (κ3) is 6.11. The van der Waals surface area contributed by atoms with Crippen LogP contribution in [-0.4, -0.2) is 16.6 Å². The molecule has 0 unspecified atom stereocenters. The van der Waals surface area contributed by atoms with Gasteiger partial charge in [0.1, 0.15) is 5.54 Å². The van der Waals surface area contributed by atoms with Crippen LogP contribution in [0.25, 0.3) is 0 Å². The molecule has 96 valence electrons. The summed E-state index contributed by atoms with van der Waals surface area (Å²) in [6, 6.07) is 0. The molecule has 0 aliphatic heterocycles. The highest BCUT2D eigenvalue weighted by molar-refractivity contribution is 5.78. The van der Waals surface area contributed by atoms with Crippen LogP contribution in [0.4, 0.5) is 0 Å². The highest BCUT2D eigenvalue weighted by atomic mass is 16.4. The highest BCUT2D eigenvalue weighted by Gasteiger charge is 2.30. The molecule has 0 fully saturated rings. The van der Waals surface area contributed by atoms with Crippen LogP contribution in [0.5, 0.6) is 0 Å². The van der Waals surface area contributed by atoms with Crippen LogP contribution < -0.4 is 5.73 Å². The van der Waals surface area contributed by atoms with Gasteiger partial charge in [0.2, 0.25) is 0 Å². The number of carboxylic acid groups (broad SMARTS) is 1. The third-order valence-corrected chi connectivity index (χ3v) is 3.28. The van der Waals surface area contributed by atoms with Gasteiger partial charge in [-0.25, -0.2) is 0 Å². The minimum Gasteiger partial charge on any atom is -0.480 e. The topological polar surface area (TPSA) is 63.3 Å². The molecule has 0 bridgehead atoms. The van der Waals surface area contributed by atoms with E-state index in [1.54, 1.807) is 0 Å². The van der Waals surface area contributed by atoms with Crippen molar-refractivity contribution >= 4 is 5.97 Å². The molecule has 1 atom stereocenters. The van der Waals surface area contributed by atoms with E-state index in [2.05, 4.69) is 6.92 Å². The smallest absolute Gasteiger partial charge is 0.323 e. The van der Waals surface area contributed by atoms with E-state index >= 15 is 0 Å². The summed E-state index contributed by atoms with van der Waals surface area (Å²) in [5.41, 5.74) is 4.81. The maximum Gasteiger partial charge on any atom is 0.323 e. The number of rotatable bonds is 10. The van der Waals surface area contributed by atoms with Crippen molar-refractivity contribution in [1.82, 2.24) is 0 Å². The fourth-order valence-corrected chi connectivity index (χ4v) is 1.83. The van der Waals surface area contributed by atoms with Crippen LogP contribution in [-0.2, 0) is 4.79 Å². The normalized spacial score (nSPS) is 14.7. The Morgan fingerprint density at radius 3 is 2.00 bits per heavy atom. The van der Waals surface area contributed by atoms with Gasteiger partial charge in [0.25, 0.3) is 0 Å². The van der Waals surface area contributed by atoms with Crippen molar-refractivity contribution in [2.75, 3.05) is 0 Å². The number of carboxylic acids is 1. The van der Waals surface area contributed by atoms with Gasteiger partial charge in [0, 0.05) is 0 Å². The maximum absolute atomic E-state index is 10.9. The van der Waals surface area contributed by atoms with Gasteiger partial charge in [-0.3, -0.25) is 4.79 Å². The zero-order chi connectivity index (χ0) is 12.4. The Bertz CT molecular complexity index is 194. The number of carbonyl (C=O) groups is 1. The second-order valence-electron chi connectivity index (χ2n) is 4.69. The van der Waals surface area contributed by atoms with Crippen LogP contribution >= 0.6 is 0 Å². The number of hydrogen-bond acceptors (Lipinski definition) is 2. The first kappa shape index (κ1) is 15.4. The van der Waals surface area contributed by atoms with Gasteiger partial charge >= 0.3 is 5.97 Å². The second-order valence-corrected chi connectivity index (χ2v) is 4.69. The fraction of sp³-hybridized carbons (Fsp3) is 0.923. The summed E-state index contributed by atoms with van der Waals surface area (Å²) in [4.78, 5) is 10.9. The molecule has 0 saturated carbocycles. The first-order valence-electron chi connectivity index (χ1n) is 6.59. The van der Waals surface area contributed by atoms with Gasteiger partial charge < -0.3 is 10.8 Å². The van der Waals surface area contributed by atoms with Crippen LogP contribution in [0.2, 0.25) is 0 Å². The molecule has 3 N–H and O–H groups in total. The van der Waals surface area contributed by atoms with Crippen molar-refractivity contribution in [2.45, 2.75) is 77.2 Å². The lowest BCUT2D eigenvalue weighted by molar-refractivity contribution is -0.143.